The molecule has 3 fully saturated rings. The van der Waals surface area contributed by atoms with E-state index in [0.29, 0.717) is 29.7 Å². The van der Waals surface area contributed by atoms with Gasteiger partial charge in [-0.05, 0) is 73.4 Å². The van der Waals surface area contributed by atoms with E-state index in [1.165, 1.54) is 23.1 Å². The number of rotatable bonds is 6. The van der Waals surface area contributed by atoms with Gasteiger partial charge in [0.15, 0.2) is 0 Å². The van der Waals surface area contributed by atoms with E-state index in [4.69, 9.17) is 0 Å². The third-order valence-electron chi connectivity index (χ3n) is 8.84. The Hall–Kier alpha value is -3.24. The molecule has 3 aliphatic rings. The van der Waals surface area contributed by atoms with Crippen molar-refractivity contribution >= 4 is 11.8 Å². The summed E-state index contributed by atoms with van der Waals surface area (Å²) in [4.78, 5) is 29.3. The fourth-order valence-corrected chi connectivity index (χ4v) is 6.49. The van der Waals surface area contributed by atoms with Crippen LogP contribution in [-0.4, -0.2) is 59.8 Å². The summed E-state index contributed by atoms with van der Waals surface area (Å²) in [7, 11) is 0. The van der Waals surface area contributed by atoms with Crippen molar-refractivity contribution in [2.45, 2.75) is 76.4 Å². The number of hydrogen-bond donors (Lipinski definition) is 0. The number of benzene rings is 2. The van der Waals surface area contributed by atoms with Crippen molar-refractivity contribution < 1.29 is 40.7 Å². The van der Waals surface area contributed by atoms with E-state index in [-0.39, 0.29) is 61.5 Å². The van der Waals surface area contributed by atoms with Crippen LogP contribution >= 0.6 is 0 Å². The standard InChI is InChI=1S/C31H34F6N2O3/c32-30(33,34)25-13-15-38(16-14-25)28(40)21-8-6-20(7-9-21)22-10-11-23(27(19-22)42-31(35,36)37)18-24-12-17-39(29(24)41)26-4-2-1-3-5-26/h6-11,19,24-26H,1-5,12-18H2. The molecule has 0 spiro atoms. The van der Waals surface area contributed by atoms with Gasteiger partial charge in [-0.15, -0.1) is 13.2 Å². The van der Waals surface area contributed by atoms with E-state index in [0.717, 1.165) is 32.1 Å². The van der Waals surface area contributed by atoms with Gasteiger partial charge in [0.25, 0.3) is 5.91 Å². The summed E-state index contributed by atoms with van der Waals surface area (Å²) in [6, 6.07) is 10.9. The van der Waals surface area contributed by atoms with Gasteiger partial charge in [-0.1, -0.05) is 43.5 Å². The molecular weight excluding hydrogens is 562 g/mol. The van der Waals surface area contributed by atoms with Crippen LogP contribution in [0.25, 0.3) is 11.1 Å². The normalized spacial score (nSPS) is 21.2. The van der Waals surface area contributed by atoms with Crippen LogP contribution in [0.5, 0.6) is 5.75 Å². The molecule has 11 heteroatoms. The Balaban J connectivity index is 1.28. The number of carbonyl (C=O) groups is 2. The molecule has 0 N–H and O–H groups in total. The fraction of sp³-hybridized carbons (Fsp3) is 0.548. The van der Waals surface area contributed by atoms with Crippen molar-refractivity contribution in [2.24, 2.45) is 11.8 Å². The lowest BCUT2D eigenvalue weighted by molar-refractivity contribution is -0.274. The Kier molecular flexibility index (Phi) is 8.76. The van der Waals surface area contributed by atoms with Crippen molar-refractivity contribution in [3.05, 3.63) is 53.6 Å². The van der Waals surface area contributed by atoms with Crippen LogP contribution in [0.3, 0.4) is 0 Å². The van der Waals surface area contributed by atoms with Crippen LogP contribution in [-0.2, 0) is 11.2 Å². The highest BCUT2D eigenvalue weighted by Crippen LogP contribution is 2.37. The van der Waals surface area contributed by atoms with Crippen LogP contribution in [0.4, 0.5) is 26.3 Å². The van der Waals surface area contributed by atoms with Crippen molar-refractivity contribution in [2.75, 3.05) is 19.6 Å². The maximum absolute atomic E-state index is 13.4. The number of ether oxygens (including phenoxy) is 1. The summed E-state index contributed by atoms with van der Waals surface area (Å²) in [5, 5.41) is 0. The molecule has 0 aromatic heterocycles. The van der Waals surface area contributed by atoms with Gasteiger partial charge in [0.1, 0.15) is 5.75 Å². The lowest BCUT2D eigenvalue weighted by Crippen LogP contribution is -2.42. The third-order valence-corrected chi connectivity index (χ3v) is 8.84. The number of hydrogen-bond acceptors (Lipinski definition) is 3. The first kappa shape index (κ1) is 30.2. The average Bonchev–Trinajstić information content (AvgIpc) is 3.32. The van der Waals surface area contributed by atoms with Crippen LogP contribution in [0.2, 0.25) is 0 Å². The van der Waals surface area contributed by atoms with Crippen molar-refractivity contribution in [3.8, 4) is 16.9 Å². The first-order valence-corrected chi connectivity index (χ1v) is 14.5. The predicted octanol–water partition coefficient (Wildman–Crippen LogP) is 7.39. The molecule has 2 aromatic rings. The van der Waals surface area contributed by atoms with Gasteiger partial charge in [-0.2, -0.15) is 13.2 Å². The van der Waals surface area contributed by atoms with Gasteiger partial charge >= 0.3 is 12.5 Å². The Bertz CT molecular complexity index is 1260. The first-order valence-electron chi connectivity index (χ1n) is 14.5. The number of carbonyl (C=O) groups excluding carboxylic acids is 2. The molecule has 1 aliphatic carbocycles. The van der Waals surface area contributed by atoms with Gasteiger partial charge in [0.2, 0.25) is 5.91 Å². The topological polar surface area (TPSA) is 49.9 Å². The molecule has 2 amide bonds. The minimum Gasteiger partial charge on any atom is -0.405 e. The van der Waals surface area contributed by atoms with Crippen molar-refractivity contribution in [1.82, 2.24) is 9.80 Å². The summed E-state index contributed by atoms with van der Waals surface area (Å²) < 4.78 is 83.3. The number of alkyl halides is 6. The van der Waals surface area contributed by atoms with Crippen LogP contribution in [0, 0.1) is 11.8 Å². The van der Waals surface area contributed by atoms with Gasteiger partial charge in [0.05, 0.1) is 5.92 Å². The lowest BCUT2D eigenvalue weighted by atomic mass is 9.93. The number of amides is 2. The van der Waals surface area contributed by atoms with Crippen LogP contribution in [0.1, 0.15) is 67.3 Å². The highest BCUT2D eigenvalue weighted by molar-refractivity contribution is 5.94. The number of halogens is 6. The smallest absolute Gasteiger partial charge is 0.405 e. The highest BCUT2D eigenvalue weighted by atomic mass is 19.4. The number of likely N-dealkylation sites (tertiary alicyclic amines) is 2. The van der Waals surface area contributed by atoms with Gasteiger partial charge in [0, 0.05) is 37.2 Å². The van der Waals surface area contributed by atoms with E-state index >= 15 is 0 Å². The molecule has 42 heavy (non-hydrogen) atoms. The van der Waals surface area contributed by atoms with E-state index in [2.05, 4.69) is 4.74 Å². The highest BCUT2D eigenvalue weighted by Gasteiger charge is 2.42. The second-order valence-electron chi connectivity index (χ2n) is 11.6. The zero-order valence-electron chi connectivity index (χ0n) is 23.1. The summed E-state index contributed by atoms with van der Waals surface area (Å²) in [5.41, 5.74) is 1.56. The van der Waals surface area contributed by atoms with Gasteiger partial charge in [-0.3, -0.25) is 9.59 Å². The number of nitrogens with zero attached hydrogens (tertiary/aromatic N) is 2. The molecule has 2 heterocycles. The molecule has 2 aromatic carbocycles. The fourth-order valence-electron chi connectivity index (χ4n) is 6.49. The molecule has 2 aliphatic heterocycles. The molecule has 2 saturated heterocycles. The molecule has 228 valence electrons. The van der Waals surface area contributed by atoms with Gasteiger partial charge < -0.3 is 14.5 Å². The molecule has 1 saturated carbocycles. The third kappa shape index (κ3) is 7.03. The molecule has 0 bridgehead atoms. The van der Waals surface area contributed by atoms with Crippen LogP contribution in [0.15, 0.2) is 42.5 Å². The quantitative estimate of drug-likeness (QED) is 0.327. The molecule has 0 radical (unpaired) electrons. The Morgan fingerprint density at radius 3 is 2.07 bits per heavy atom. The molecule has 5 nitrogen and oxygen atoms in total. The second-order valence-corrected chi connectivity index (χ2v) is 11.6. The maximum atomic E-state index is 13.4. The molecule has 1 unspecified atom stereocenters. The second kappa shape index (κ2) is 12.2. The molecule has 5 rings (SSSR count). The van der Waals surface area contributed by atoms with E-state index in [9.17, 15) is 35.9 Å². The van der Waals surface area contributed by atoms with Gasteiger partial charge in [-0.25, -0.2) is 0 Å². The predicted molar refractivity (Wildman–Crippen MR) is 144 cm³/mol. The number of piperidine rings is 1. The Morgan fingerprint density at radius 1 is 0.810 bits per heavy atom. The van der Waals surface area contributed by atoms with Crippen molar-refractivity contribution in [1.29, 1.82) is 0 Å². The minimum atomic E-state index is -4.92. The zero-order valence-corrected chi connectivity index (χ0v) is 23.1. The summed E-state index contributed by atoms with van der Waals surface area (Å²) in [6.45, 7) is 0.631. The summed E-state index contributed by atoms with van der Waals surface area (Å²) >= 11 is 0. The SMILES string of the molecule is O=C(c1ccc(-c2ccc(CC3CCN(C4CCCCC4)C3=O)c(OC(F)(F)F)c2)cc1)N1CCC(C(F)(F)F)CC1. The monoisotopic (exact) mass is 596 g/mol. The average molecular weight is 597 g/mol. The van der Waals surface area contributed by atoms with Crippen LogP contribution < -0.4 is 4.74 Å². The minimum absolute atomic E-state index is 0.00623. The zero-order chi connectivity index (χ0) is 30.1. The van der Waals surface area contributed by atoms with E-state index in [1.54, 1.807) is 24.3 Å². The summed E-state index contributed by atoms with van der Waals surface area (Å²) in [5.74, 6) is -2.58. The first-order chi connectivity index (χ1) is 19.9. The Labute approximate surface area is 240 Å². The maximum Gasteiger partial charge on any atom is 0.573 e. The molecular formula is C31H34F6N2O3. The van der Waals surface area contributed by atoms with E-state index in [1.807, 2.05) is 4.90 Å². The lowest BCUT2D eigenvalue weighted by Gasteiger charge is -2.33. The Morgan fingerprint density at radius 2 is 1.45 bits per heavy atom. The molecule has 1 atom stereocenters. The van der Waals surface area contributed by atoms with Crippen molar-refractivity contribution in [3.63, 3.8) is 0 Å². The summed E-state index contributed by atoms with van der Waals surface area (Å²) in [6.07, 6.45) is -3.49. The largest absolute Gasteiger partial charge is 0.573 e. The van der Waals surface area contributed by atoms with E-state index < -0.39 is 24.4 Å².